The Balaban J connectivity index is 2.01. The number of carbonyl (C=O) groups is 1. The molecule has 2 aromatic carbocycles. The van der Waals surface area contributed by atoms with Crippen molar-refractivity contribution in [3.8, 4) is 5.75 Å². The van der Waals surface area contributed by atoms with Gasteiger partial charge in [-0.2, -0.15) is 0 Å². The van der Waals surface area contributed by atoms with Crippen molar-refractivity contribution in [3.63, 3.8) is 0 Å². The molecule has 0 heterocycles. The lowest BCUT2D eigenvalue weighted by atomic mass is 10.1. The van der Waals surface area contributed by atoms with Crippen LogP contribution in [-0.2, 0) is 10.0 Å². The van der Waals surface area contributed by atoms with Crippen molar-refractivity contribution < 1.29 is 17.9 Å². The Hall–Kier alpha value is -2.09. The number of amides is 1. The molecule has 0 saturated carbocycles. The number of nitrogens with zero attached hydrogens (tertiary/aromatic N) is 1. The van der Waals surface area contributed by atoms with Gasteiger partial charge in [-0.15, -0.1) is 0 Å². The summed E-state index contributed by atoms with van der Waals surface area (Å²) in [5.41, 5.74) is 2.30. The van der Waals surface area contributed by atoms with Crippen molar-refractivity contribution >= 4 is 27.5 Å². The largest absolute Gasteiger partial charge is 0.492 e. The summed E-state index contributed by atoms with van der Waals surface area (Å²) in [4.78, 5) is 12.4. The molecular formula is C19H23ClN2O4S. The first-order valence-electron chi connectivity index (χ1n) is 8.32. The molecule has 0 aliphatic rings. The molecular weight excluding hydrogens is 388 g/mol. The third kappa shape index (κ3) is 5.45. The fraction of sp³-hybridized carbons (Fsp3) is 0.316. The van der Waals surface area contributed by atoms with Gasteiger partial charge in [-0.3, -0.25) is 4.79 Å². The van der Waals surface area contributed by atoms with Crippen LogP contribution in [0.3, 0.4) is 0 Å². The number of ether oxygens (including phenoxy) is 1. The van der Waals surface area contributed by atoms with Crippen LogP contribution in [0, 0.1) is 13.8 Å². The fourth-order valence-corrected chi connectivity index (χ4v) is 3.63. The highest BCUT2D eigenvalue weighted by molar-refractivity contribution is 7.89. The molecule has 1 amide bonds. The van der Waals surface area contributed by atoms with E-state index in [1.165, 1.54) is 32.3 Å². The van der Waals surface area contributed by atoms with E-state index in [0.717, 1.165) is 21.2 Å². The van der Waals surface area contributed by atoms with Crippen molar-refractivity contribution in [1.29, 1.82) is 0 Å². The maximum atomic E-state index is 12.4. The lowest BCUT2D eigenvalue weighted by molar-refractivity contribution is 0.0947. The van der Waals surface area contributed by atoms with Crippen LogP contribution in [0.5, 0.6) is 5.75 Å². The molecule has 6 nitrogen and oxygen atoms in total. The molecule has 0 bridgehead atoms. The molecule has 8 heteroatoms. The van der Waals surface area contributed by atoms with Gasteiger partial charge >= 0.3 is 0 Å². The maximum Gasteiger partial charge on any atom is 0.252 e. The van der Waals surface area contributed by atoms with Gasteiger partial charge in [0.15, 0.2) is 0 Å². The highest BCUT2D eigenvalue weighted by atomic mass is 35.5. The SMILES string of the molecule is Cc1cc(C)cc(OCCNC(=O)c2cc(S(=O)(=O)N(C)C)ccc2Cl)c1. The number of carbonyl (C=O) groups excluding carboxylic acids is 1. The van der Waals surface area contributed by atoms with Crippen molar-refractivity contribution in [2.45, 2.75) is 18.7 Å². The second kappa shape index (κ2) is 8.73. The second-order valence-electron chi connectivity index (χ2n) is 6.36. The summed E-state index contributed by atoms with van der Waals surface area (Å²) in [6, 6.07) is 9.93. The number of rotatable bonds is 7. The van der Waals surface area contributed by atoms with Crippen LogP contribution in [0.2, 0.25) is 5.02 Å². The number of halogens is 1. The van der Waals surface area contributed by atoms with E-state index in [-0.39, 0.29) is 28.6 Å². The Morgan fingerprint density at radius 2 is 1.74 bits per heavy atom. The topological polar surface area (TPSA) is 75.7 Å². The van der Waals surface area contributed by atoms with E-state index in [9.17, 15) is 13.2 Å². The summed E-state index contributed by atoms with van der Waals surface area (Å²) >= 11 is 6.06. The van der Waals surface area contributed by atoms with Crippen molar-refractivity contribution in [1.82, 2.24) is 9.62 Å². The normalized spacial score (nSPS) is 11.5. The van der Waals surface area contributed by atoms with E-state index in [1.807, 2.05) is 32.0 Å². The van der Waals surface area contributed by atoms with Crippen LogP contribution < -0.4 is 10.1 Å². The van der Waals surface area contributed by atoms with E-state index in [1.54, 1.807) is 0 Å². The summed E-state index contributed by atoms with van der Waals surface area (Å²) < 4.78 is 31.2. The number of hydrogen-bond donors (Lipinski definition) is 1. The molecule has 0 aromatic heterocycles. The molecule has 146 valence electrons. The molecule has 0 fully saturated rings. The Kier molecular flexibility index (Phi) is 6.86. The minimum atomic E-state index is -3.65. The minimum absolute atomic E-state index is 0.00790. The van der Waals surface area contributed by atoms with Gasteiger partial charge in [0, 0.05) is 14.1 Å². The molecule has 0 aliphatic heterocycles. The van der Waals surface area contributed by atoms with E-state index < -0.39 is 15.9 Å². The first kappa shape index (κ1) is 21.2. The molecule has 1 N–H and O–H groups in total. The van der Waals surface area contributed by atoms with Gasteiger partial charge in [-0.05, 0) is 55.3 Å². The first-order valence-corrected chi connectivity index (χ1v) is 10.1. The van der Waals surface area contributed by atoms with Crippen LogP contribution in [0.15, 0.2) is 41.3 Å². The number of hydrogen-bond acceptors (Lipinski definition) is 4. The van der Waals surface area contributed by atoms with Crippen LogP contribution >= 0.6 is 11.6 Å². The Labute approximate surface area is 165 Å². The number of sulfonamides is 1. The molecule has 0 spiro atoms. The van der Waals surface area contributed by atoms with E-state index in [2.05, 4.69) is 5.32 Å². The zero-order valence-electron chi connectivity index (χ0n) is 15.7. The van der Waals surface area contributed by atoms with Gasteiger partial charge in [-0.25, -0.2) is 12.7 Å². The number of nitrogens with one attached hydrogen (secondary N) is 1. The minimum Gasteiger partial charge on any atom is -0.492 e. The van der Waals surface area contributed by atoms with Gasteiger partial charge in [0.25, 0.3) is 5.91 Å². The van der Waals surface area contributed by atoms with Gasteiger partial charge < -0.3 is 10.1 Å². The lowest BCUT2D eigenvalue weighted by Gasteiger charge is -2.13. The Morgan fingerprint density at radius 1 is 1.11 bits per heavy atom. The van der Waals surface area contributed by atoms with E-state index in [4.69, 9.17) is 16.3 Å². The third-order valence-corrected chi connectivity index (χ3v) is 5.95. The molecule has 0 aliphatic carbocycles. The van der Waals surface area contributed by atoms with E-state index >= 15 is 0 Å². The summed E-state index contributed by atoms with van der Waals surface area (Å²) in [7, 11) is -0.800. The quantitative estimate of drug-likeness (QED) is 0.712. The smallest absolute Gasteiger partial charge is 0.252 e. The first-order chi connectivity index (χ1) is 12.6. The molecule has 0 saturated heterocycles. The molecule has 0 unspecified atom stereocenters. The fourth-order valence-electron chi connectivity index (χ4n) is 2.49. The summed E-state index contributed by atoms with van der Waals surface area (Å²) in [6.07, 6.45) is 0. The van der Waals surface area contributed by atoms with Gasteiger partial charge in [0.05, 0.1) is 22.0 Å². The van der Waals surface area contributed by atoms with E-state index in [0.29, 0.717) is 0 Å². The summed E-state index contributed by atoms with van der Waals surface area (Å²) in [6.45, 7) is 4.51. The summed E-state index contributed by atoms with van der Waals surface area (Å²) in [5, 5.41) is 2.87. The maximum absolute atomic E-state index is 12.4. The number of benzene rings is 2. The molecule has 27 heavy (non-hydrogen) atoms. The summed E-state index contributed by atoms with van der Waals surface area (Å²) in [5.74, 6) is 0.277. The van der Waals surface area contributed by atoms with Gasteiger partial charge in [0.2, 0.25) is 10.0 Å². The molecule has 0 radical (unpaired) electrons. The zero-order valence-corrected chi connectivity index (χ0v) is 17.3. The highest BCUT2D eigenvalue weighted by Crippen LogP contribution is 2.22. The highest BCUT2D eigenvalue weighted by Gasteiger charge is 2.20. The average molecular weight is 411 g/mol. The molecule has 0 atom stereocenters. The van der Waals surface area contributed by atoms with Crippen molar-refractivity contribution in [3.05, 3.63) is 58.1 Å². The van der Waals surface area contributed by atoms with Crippen molar-refractivity contribution in [2.75, 3.05) is 27.2 Å². The van der Waals surface area contributed by atoms with Gasteiger partial charge in [-0.1, -0.05) is 17.7 Å². The predicted octanol–water partition coefficient (Wildman–Crippen LogP) is 3.02. The van der Waals surface area contributed by atoms with Gasteiger partial charge in [0.1, 0.15) is 12.4 Å². The van der Waals surface area contributed by atoms with Crippen molar-refractivity contribution in [2.24, 2.45) is 0 Å². The average Bonchev–Trinajstić information content (AvgIpc) is 2.57. The Bertz CT molecular complexity index is 922. The third-order valence-electron chi connectivity index (χ3n) is 3.81. The number of aryl methyl sites for hydroxylation is 2. The van der Waals surface area contributed by atoms with Crippen LogP contribution in [0.25, 0.3) is 0 Å². The predicted molar refractivity (Wildman–Crippen MR) is 106 cm³/mol. The molecule has 2 rings (SSSR count). The zero-order chi connectivity index (χ0) is 20.2. The van der Waals surface area contributed by atoms with Crippen LogP contribution in [0.1, 0.15) is 21.5 Å². The standard InChI is InChI=1S/C19H23ClN2O4S/c1-13-9-14(2)11-15(10-13)26-8-7-21-19(23)17-12-16(5-6-18(17)20)27(24,25)22(3)4/h5-6,9-12H,7-8H2,1-4H3,(H,21,23). The lowest BCUT2D eigenvalue weighted by Crippen LogP contribution is -2.29. The molecule has 2 aromatic rings. The Morgan fingerprint density at radius 3 is 2.33 bits per heavy atom. The van der Waals surface area contributed by atoms with Crippen LogP contribution in [-0.4, -0.2) is 45.9 Å². The monoisotopic (exact) mass is 410 g/mol. The second-order valence-corrected chi connectivity index (χ2v) is 8.92. The van der Waals surface area contributed by atoms with Crippen LogP contribution in [0.4, 0.5) is 0 Å².